The molecule has 0 aliphatic carbocycles. The largest absolute Gasteiger partial charge is 0.497 e. The summed E-state index contributed by atoms with van der Waals surface area (Å²) in [7, 11) is 1.49. The smallest absolute Gasteiger partial charge is 0.340 e. The number of carbonyl (C=O) groups is 2. The maximum atomic E-state index is 12.2. The normalized spacial score (nSPS) is 11.7. The fraction of sp³-hybridized carbons (Fsp3) is 0.267. The highest BCUT2D eigenvalue weighted by molar-refractivity contribution is 9.10. The minimum atomic E-state index is -1.00. The highest BCUT2D eigenvalue weighted by Gasteiger charge is 2.21. The molecule has 8 heteroatoms. The van der Waals surface area contributed by atoms with Gasteiger partial charge in [0.2, 0.25) is 0 Å². The van der Waals surface area contributed by atoms with Crippen molar-refractivity contribution in [3.05, 3.63) is 40.1 Å². The predicted molar refractivity (Wildman–Crippen MR) is 85.4 cm³/mol. The van der Waals surface area contributed by atoms with Crippen molar-refractivity contribution in [2.24, 2.45) is 0 Å². The Kier molecular flexibility index (Phi) is 5.38. The van der Waals surface area contributed by atoms with Crippen LogP contribution in [0.2, 0.25) is 0 Å². The van der Waals surface area contributed by atoms with Crippen LogP contribution in [0.5, 0.6) is 5.75 Å². The van der Waals surface area contributed by atoms with Crippen molar-refractivity contribution < 1.29 is 23.6 Å². The second-order valence-corrected chi connectivity index (χ2v) is 5.56. The number of hydrogen-bond acceptors (Lipinski definition) is 6. The first-order valence-corrected chi connectivity index (χ1v) is 7.48. The van der Waals surface area contributed by atoms with Gasteiger partial charge in [0.1, 0.15) is 11.5 Å². The monoisotopic (exact) mass is 382 g/mol. The second-order valence-electron chi connectivity index (χ2n) is 4.71. The zero-order valence-corrected chi connectivity index (χ0v) is 14.3. The molecule has 0 aliphatic rings. The molecule has 1 aromatic carbocycles. The fourth-order valence-corrected chi connectivity index (χ4v) is 2.13. The number of nitrogens with zero attached hydrogens (tertiary/aromatic N) is 1. The number of amides is 1. The summed E-state index contributed by atoms with van der Waals surface area (Å²) in [5.41, 5.74) is 0.265. The van der Waals surface area contributed by atoms with E-state index in [9.17, 15) is 9.59 Å². The van der Waals surface area contributed by atoms with Crippen LogP contribution in [0.15, 0.2) is 33.3 Å². The lowest BCUT2D eigenvalue weighted by molar-refractivity contribution is -0.123. The minimum absolute atomic E-state index is 0.262. The molecule has 2 rings (SSSR count). The number of carbonyl (C=O) groups excluding carboxylic acids is 2. The van der Waals surface area contributed by atoms with Crippen LogP contribution < -0.4 is 10.1 Å². The van der Waals surface area contributed by atoms with Crippen LogP contribution in [0.25, 0.3) is 0 Å². The number of ether oxygens (including phenoxy) is 2. The van der Waals surface area contributed by atoms with Gasteiger partial charge in [0.15, 0.2) is 11.9 Å². The van der Waals surface area contributed by atoms with Crippen molar-refractivity contribution >= 4 is 33.6 Å². The summed E-state index contributed by atoms with van der Waals surface area (Å²) in [6.45, 7) is 3.17. The zero-order valence-electron chi connectivity index (χ0n) is 12.8. The number of anilines is 1. The Balaban J connectivity index is 2.03. The van der Waals surface area contributed by atoms with Crippen LogP contribution in [-0.4, -0.2) is 30.2 Å². The highest BCUT2D eigenvalue weighted by atomic mass is 79.9. The minimum Gasteiger partial charge on any atom is -0.497 e. The first kappa shape index (κ1) is 17.0. The lowest BCUT2D eigenvalue weighted by atomic mass is 10.2. The van der Waals surface area contributed by atoms with E-state index in [1.807, 2.05) is 0 Å². The SMILES string of the molecule is COc1ccc(Br)c(C(=O)O[C@H](C)C(=O)Nc2cc(C)on2)c1. The van der Waals surface area contributed by atoms with Gasteiger partial charge >= 0.3 is 5.97 Å². The van der Waals surface area contributed by atoms with Crippen molar-refractivity contribution in [1.82, 2.24) is 5.16 Å². The van der Waals surface area contributed by atoms with Crippen molar-refractivity contribution in [1.29, 1.82) is 0 Å². The van der Waals surface area contributed by atoms with E-state index in [2.05, 4.69) is 26.4 Å². The van der Waals surface area contributed by atoms with Gasteiger partial charge in [-0.05, 0) is 48.0 Å². The van der Waals surface area contributed by atoms with Crippen molar-refractivity contribution in [3.8, 4) is 5.75 Å². The number of hydrogen-bond donors (Lipinski definition) is 1. The number of aromatic nitrogens is 1. The summed E-state index contributed by atoms with van der Waals surface area (Å²) in [5, 5.41) is 6.14. The average Bonchev–Trinajstić information content (AvgIpc) is 2.92. The van der Waals surface area contributed by atoms with Gasteiger partial charge in [0.25, 0.3) is 5.91 Å². The Morgan fingerprint density at radius 3 is 2.70 bits per heavy atom. The molecule has 2 aromatic rings. The molecule has 0 radical (unpaired) electrons. The van der Waals surface area contributed by atoms with Crippen LogP contribution >= 0.6 is 15.9 Å². The van der Waals surface area contributed by atoms with E-state index in [-0.39, 0.29) is 11.4 Å². The van der Waals surface area contributed by atoms with Gasteiger partial charge in [-0.1, -0.05) is 5.16 Å². The molecule has 1 amide bonds. The highest BCUT2D eigenvalue weighted by Crippen LogP contribution is 2.23. The molecule has 23 heavy (non-hydrogen) atoms. The summed E-state index contributed by atoms with van der Waals surface area (Å²) in [5.74, 6) is 0.180. The lowest BCUT2D eigenvalue weighted by Gasteiger charge is -2.13. The molecule has 0 unspecified atom stereocenters. The summed E-state index contributed by atoms with van der Waals surface area (Å²) >= 11 is 3.26. The second kappa shape index (κ2) is 7.28. The van der Waals surface area contributed by atoms with Crippen LogP contribution in [-0.2, 0) is 9.53 Å². The van der Waals surface area contributed by atoms with Crippen LogP contribution in [0.4, 0.5) is 5.82 Å². The Morgan fingerprint density at radius 2 is 2.09 bits per heavy atom. The summed E-state index contributed by atoms with van der Waals surface area (Å²) in [6.07, 6.45) is -1.00. The molecular formula is C15H15BrN2O5. The van der Waals surface area contributed by atoms with Gasteiger partial charge in [-0.15, -0.1) is 0 Å². The van der Waals surface area contributed by atoms with Crippen LogP contribution in [0, 0.1) is 6.92 Å². The standard InChI is InChI=1S/C15H15BrN2O5/c1-8-6-13(18-23-8)17-14(19)9(2)22-15(20)11-7-10(21-3)4-5-12(11)16/h4-7,9H,1-3H3,(H,17,18,19)/t9-/m1/s1. The zero-order chi connectivity index (χ0) is 17.0. The molecule has 0 spiro atoms. The number of aryl methyl sites for hydroxylation is 1. The maximum Gasteiger partial charge on any atom is 0.340 e. The Hall–Kier alpha value is -2.35. The lowest BCUT2D eigenvalue weighted by Crippen LogP contribution is -2.30. The Bertz CT molecular complexity index is 728. The van der Waals surface area contributed by atoms with E-state index in [4.69, 9.17) is 14.0 Å². The first-order chi connectivity index (χ1) is 10.9. The van der Waals surface area contributed by atoms with Crippen molar-refractivity contribution in [2.45, 2.75) is 20.0 Å². The molecule has 1 aromatic heterocycles. The quantitative estimate of drug-likeness (QED) is 0.799. The maximum absolute atomic E-state index is 12.2. The number of methoxy groups -OCH3 is 1. The van der Waals surface area contributed by atoms with E-state index >= 15 is 0 Å². The summed E-state index contributed by atoms with van der Waals surface area (Å²) in [6, 6.07) is 6.45. The van der Waals surface area contributed by atoms with Gasteiger partial charge in [-0.3, -0.25) is 4.79 Å². The average molecular weight is 383 g/mol. The predicted octanol–water partition coefficient (Wildman–Crippen LogP) is 2.94. The van der Waals surface area contributed by atoms with E-state index < -0.39 is 18.0 Å². The third kappa shape index (κ3) is 4.32. The van der Waals surface area contributed by atoms with Gasteiger partial charge in [0.05, 0.1) is 12.7 Å². The molecule has 0 saturated carbocycles. The molecule has 122 valence electrons. The molecule has 1 atom stereocenters. The molecule has 0 bridgehead atoms. The fourth-order valence-electron chi connectivity index (χ4n) is 1.72. The van der Waals surface area contributed by atoms with Crippen LogP contribution in [0.3, 0.4) is 0 Å². The third-order valence-corrected chi connectivity index (χ3v) is 3.62. The molecule has 7 nitrogen and oxygen atoms in total. The molecule has 0 fully saturated rings. The first-order valence-electron chi connectivity index (χ1n) is 6.69. The van der Waals surface area contributed by atoms with E-state index in [1.54, 1.807) is 25.1 Å². The Labute approximate surface area is 141 Å². The molecule has 0 aliphatic heterocycles. The topological polar surface area (TPSA) is 90.7 Å². The van der Waals surface area contributed by atoms with E-state index in [0.29, 0.717) is 16.0 Å². The van der Waals surface area contributed by atoms with E-state index in [1.165, 1.54) is 20.1 Å². The number of rotatable bonds is 5. The Morgan fingerprint density at radius 1 is 1.35 bits per heavy atom. The summed E-state index contributed by atoms with van der Waals surface area (Å²) < 4.78 is 15.6. The number of halogens is 1. The molecule has 1 N–H and O–H groups in total. The van der Waals surface area contributed by atoms with Gasteiger partial charge < -0.3 is 19.3 Å². The molecular weight excluding hydrogens is 368 g/mol. The van der Waals surface area contributed by atoms with Gasteiger partial charge in [0, 0.05) is 10.5 Å². The third-order valence-electron chi connectivity index (χ3n) is 2.93. The number of benzene rings is 1. The molecule has 1 heterocycles. The van der Waals surface area contributed by atoms with Gasteiger partial charge in [-0.25, -0.2) is 4.79 Å². The summed E-state index contributed by atoms with van der Waals surface area (Å²) in [4.78, 5) is 24.2. The number of esters is 1. The van der Waals surface area contributed by atoms with Crippen molar-refractivity contribution in [3.63, 3.8) is 0 Å². The van der Waals surface area contributed by atoms with Crippen LogP contribution in [0.1, 0.15) is 23.0 Å². The number of nitrogens with one attached hydrogen (secondary N) is 1. The van der Waals surface area contributed by atoms with Crippen molar-refractivity contribution in [2.75, 3.05) is 12.4 Å². The van der Waals surface area contributed by atoms with Gasteiger partial charge in [-0.2, -0.15) is 0 Å². The molecule has 0 saturated heterocycles. The van der Waals surface area contributed by atoms with E-state index in [0.717, 1.165) is 0 Å².